The van der Waals surface area contributed by atoms with Crippen LogP contribution in [0.3, 0.4) is 0 Å². The standard InChI is InChI=1S/C18H18N2O3/c1-2-23-14-9-7-13(8-10-14)19-11-12-20-17(21)15-5-3-4-6-16(15)18(20)22/h3-10,19H,2,11-12H2,1H3. The molecule has 23 heavy (non-hydrogen) atoms. The maximum atomic E-state index is 12.2. The number of ether oxygens (including phenoxy) is 1. The topological polar surface area (TPSA) is 58.6 Å². The van der Waals surface area contributed by atoms with Gasteiger partial charge in [0.2, 0.25) is 0 Å². The number of benzene rings is 2. The Kier molecular flexibility index (Phi) is 4.28. The van der Waals surface area contributed by atoms with Crippen LogP contribution in [0.1, 0.15) is 27.6 Å². The molecule has 2 aromatic rings. The molecule has 5 nitrogen and oxygen atoms in total. The maximum absolute atomic E-state index is 12.2. The van der Waals surface area contributed by atoms with E-state index in [0.717, 1.165) is 11.4 Å². The predicted molar refractivity (Wildman–Crippen MR) is 87.9 cm³/mol. The molecule has 118 valence electrons. The van der Waals surface area contributed by atoms with Gasteiger partial charge >= 0.3 is 0 Å². The lowest BCUT2D eigenvalue weighted by molar-refractivity contribution is 0.0660. The summed E-state index contributed by atoms with van der Waals surface area (Å²) in [7, 11) is 0. The molecule has 0 spiro atoms. The Morgan fingerprint density at radius 1 is 0.957 bits per heavy atom. The number of hydrogen-bond donors (Lipinski definition) is 1. The van der Waals surface area contributed by atoms with E-state index in [2.05, 4.69) is 5.32 Å². The Morgan fingerprint density at radius 3 is 2.13 bits per heavy atom. The van der Waals surface area contributed by atoms with Gasteiger partial charge in [-0.05, 0) is 43.3 Å². The Labute approximate surface area is 134 Å². The highest BCUT2D eigenvalue weighted by atomic mass is 16.5. The van der Waals surface area contributed by atoms with Crippen molar-refractivity contribution in [1.82, 2.24) is 4.90 Å². The van der Waals surface area contributed by atoms with Gasteiger partial charge in [0.1, 0.15) is 5.75 Å². The summed E-state index contributed by atoms with van der Waals surface area (Å²) in [5.74, 6) is 0.372. The molecule has 1 heterocycles. The summed E-state index contributed by atoms with van der Waals surface area (Å²) >= 11 is 0. The van der Waals surface area contributed by atoms with Gasteiger partial charge in [-0.2, -0.15) is 0 Å². The first-order valence-corrected chi connectivity index (χ1v) is 7.62. The first-order chi connectivity index (χ1) is 11.2. The van der Waals surface area contributed by atoms with Gasteiger partial charge in [-0.25, -0.2) is 0 Å². The van der Waals surface area contributed by atoms with Crippen LogP contribution in [0.4, 0.5) is 5.69 Å². The second-order valence-corrected chi connectivity index (χ2v) is 5.19. The zero-order valence-corrected chi connectivity index (χ0v) is 12.9. The van der Waals surface area contributed by atoms with Crippen LogP contribution < -0.4 is 10.1 Å². The van der Waals surface area contributed by atoms with Crippen molar-refractivity contribution in [3.63, 3.8) is 0 Å². The third kappa shape index (κ3) is 3.04. The van der Waals surface area contributed by atoms with Crippen LogP contribution in [0.5, 0.6) is 5.75 Å². The minimum absolute atomic E-state index is 0.223. The van der Waals surface area contributed by atoms with E-state index < -0.39 is 0 Å². The van der Waals surface area contributed by atoms with Gasteiger partial charge in [0.05, 0.1) is 17.7 Å². The van der Waals surface area contributed by atoms with E-state index in [-0.39, 0.29) is 11.8 Å². The summed E-state index contributed by atoms with van der Waals surface area (Å²) in [4.78, 5) is 25.7. The highest BCUT2D eigenvalue weighted by molar-refractivity contribution is 6.21. The van der Waals surface area contributed by atoms with E-state index in [9.17, 15) is 9.59 Å². The summed E-state index contributed by atoms with van der Waals surface area (Å²) in [5, 5.41) is 3.21. The highest BCUT2D eigenvalue weighted by Gasteiger charge is 2.34. The number of imide groups is 1. The van der Waals surface area contributed by atoms with Gasteiger partial charge in [-0.3, -0.25) is 14.5 Å². The maximum Gasteiger partial charge on any atom is 0.261 e. The van der Waals surface area contributed by atoms with E-state index in [1.165, 1.54) is 4.90 Å². The number of carbonyl (C=O) groups excluding carboxylic acids is 2. The van der Waals surface area contributed by atoms with E-state index >= 15 is 0 Å². The van der Waals surface area contributed by atoms with Crippen LogP contribution in [0, 0.1) is 0 Å². The van der Waals surface area contributed by atoms with Crippen molar-refractivity contribution in [3.05, 3.63) is 59.7 Å². The molecule has 3 rings (SSSR count). The van der Waals surface area contributed by atoms with Gasteiger partial charge in [0, 0.05) is 18.8 Å². The second kappa shape index (κ2) is 6.52. The van der Waals surface area contributed by atoms with Crippen LogP contribution in [-0.2, 0) is 0 Å². The monoisotopic (exact) mass is 310 g/mol. The fraction of sp³-hybridized carbons (Fsp3) is 0.222. The number of carbonyl (C=O) groups is 2. The molecule has 1 aliphatic rings. The van der Waals surface area contributed by atoms with Crippen LogP contribution in [0.2, 0.25) is 0 Å². The molecule has 1 aliphatic heterocycles. The molecule has 1 N–H and O–H groups in total. The zero-order valence-electron chi connectivity index (χ0n) is 12.9. The molecule has 0 saturated carbocycles. The largest absolute Gasteiger partial charge is 0.494 e. The van der Waals surface area contributed by atoms with E-state index in [1.54, 1.807) is 24.3 Å². The first kappa shape index (κ1) is 15.1. The van der Waals surface area contributed by atoms with E-state index in [1.807, 2.05) is 31.2 Å². The highest BCUT2D eigenvalue weighted by Crippen LogP contribution is 2.22. The van der Waals surface area contributed by atoms with Crippen molar-refractivity contribution >= 4 is 17.5 Å². The van der Waals surface area contributed by atoms with Crippen LogP contribution in [0.15, 0.2) is 48.5 Å². The lowest BCUT2D eigenvalue weighted by Gasteiger charge is -2.15. The van der Waals surface area contributed by atoms with Crippen molar-refractivity contribution in [2.24, 2.45) is 0 Å². The number of anilines is 1. The quantitative estimate of drug-likeness (QED) is 0.834. The van der Waals surface area contributed by atoms with Crippen molar-refractivity contribution in [2.75, 3.05) is 25.0 Å². The third-order valence-corrected chi connectivity index (χ3v) is 3.71. The molecular formula is C18H18N2O3. The Balaban J connectivity index is 1.57. The molecule has 0 radical (unpaired) electrons. The minimum atomic E-state index is -0.223. The number of nitrogens with one attached hydrogen (secondary N) is 1. The van der Waals surface area contributed by atoms with Gasteiger partial charge in [-0.1, -0.05) is 12.1 Å². The summed E-state index contributed by atoms with van der Waals surface area (Å²) in [6.07, 6.45) is 0. The molecule has 0 unspecified atom stereocenters. The number of amides is 2. The predicted octanol–water partition coefficient (Wildman–Crippen LogP) is 2.79. The minimum Gasteiger partial charge on any atom is -0.494 e. The molecular weight excluding hydrogens is 292 g/mol. The van der Waals surface area contributed by atoms with Crippen molar-refractivity contribution in [1.29, 1.82) is 0 Å². The van der Waals surface area contributed by atoms with Gasteiger partial charge < -0.3 is 10.1 Å². The zero-order chi connectivity index (χ0) is 16.2. The molecule has 0 aliphatic carbocycles. The van der Waals surface area contributed by atoms with Crippen LogP contribution in [-0.4, -0.2) is 36.4 Å². The third-order valence-electron chi connectivity index (χ3n) is 3.71. The molecule has 0 saturated heterocycles. The average molecular weight is 310 g/mol. The number of hydrogen-bond acceptors (Lipinski definition) is 4. The Hall–Kier alpha value is -2.82. The number of fused-ring (bicyclic) bond motifs is 1. The molecule has 0 bridgehead atoms. The summed E-state index contributed by atoms with van der Waals surface area (Å²) in [6, 6.07) is 14.5. The van der Waals surface area contributed by atoms with E-state index in [0.29, 0.717) is 30.8 Å². The van der Waals surface area contributed by atoms with Gasteiger partial charge in [-0.15, -0.1) is 0 Å². The van der Waals surface area contributed by atoms with Gasteiger partial charge in [0.25, 0.3) is 11.8 Å². The second-order valence-electron chi connectivity index (χ2n) is 5.19. The fourth-order valence-electron chi connectivity index (χ4n) is 2.59. The summed E-state index contributed by atoms with van der Waals surface area (Å²) in [5.41, 5.74) is 1.89. The molecule has 2 amide bonds. The lowest BCUT2D eigenvalue weighted by atomic mass is 10.1. The fourth-order valence-corrected chi connectivity index (χ4v) is 2.59. The Bertz CT molecular complexity index is 690. The van der Waals surface area contributed by atoms with Gasteiger partial charge in [0.15, 0.2) is 0 Å². The summed E-state index contributed by atoms with van der Waals surface area (Å²) in [6.45, 7) is 3.40. The van der Waals surface area contributed by atoms with Crippen molar-refractivity contribution < 1.29 is 14.3 Å². The molecule has 0 fully saturated rings. The summed E-state index contributed by atoms with van der Waals surface area (Å²) < 4.78 is 5.39. The Morgan fingerprint density at radius 2 is 1.57 bits per heavy atom. The SMILES string of the molecule is CCOc1ccc(NCCN2C(=O)c3ccccc3C2=O)cc1. The average Bonchev–Trinajstić information content (AvgIpc) is 2.82. The van der Waals surface area contributed by atoms with E-state index in [4.69, 9.17) is 4.74 Å². The molecule has 0 aromatic heterocycles. The molecule has 5 heteroatoms. The van der Waals surface area contributed by atoms with Crippen molar-refractivity contribution in [3.8, 4) is 5.75 Å². The van der Waals surface area contributed by atoms with Crippen LogP contribution >= 0.6 is 0 Å². The number of rotatable bonds is 6. The molecule has 2 aromatic carbocycles. The van der Waals surface area contributed by atoms with Crippen molar-refractivity contribution in [2.45, 2.75) is 6.92 Å². The first-order valence-electron chi connectivity index (χ1n) is 7.62. The normalized spacial score (nSPS) is 13.2. The lowest BCUT2D eigenvalue weighted by Crippen LogP contribution is -2.34. The number of nitrogens with zero attached hydrogens (tertiary/aromatic N) is 1. The molecule has 0 atom stereocenters. The smallest absolute Gasteiger partial charge is 0.261 e. The van der Waals surface area contributed by atoms with Crippen LogP contribution in [0.25, 0.3) is 0 Å².